The van der Waals surface area contributed by atoms with Gasteiger partial charge in [0.25, 0.3) is 0 Å². The maximum atomic E-state index is 11.9. The zero-order valence-electron chi connectivity index (χ0n) is 15.6. The predicted octanol–water partition coefficient (Wildman–Crippen LogP) is 1.06. The van der Waals surface area contributed by atoms with E-state index in [-0.39, 0.29) is 34.5 Å². The highest BCUT2D eigenvalue weighted by molar-refractivity contribution is 5.99. The monoisotopic (exact) mass is 406 g/mol. The van der Waals surface area contributed by atoms with E-state index in [0.717, 1.165) is 44.1 Å². The summed E-state index contributed by atoms with van der Waals surface area (Å²) in [5.74, 6) is -3.99. The van der Waals surface area contributed by atoms with Gasteiger partial charge in [-0.15, -0.1) is 0 Å². The van der Waals surface area contributed by atoms with E-state index in [1.807, 2.05) is 4.90 Å². The summed E-state index contributed by atoms with van der Waals surface area (Å²) in [6.07, 6.45) is 4.61. The molecule has 0 unspecified atom stereocenters. The minimum Gasteiger partial charge on any atom is -0.478 e. The largest absolute Gasteiger partial charge is 0.478 e. The number of benzene rings is 1. The Morgan fingerprint density at radius 1 is 0.828 bits per heavy atom. The van der Waals surface area contributed by atoms with Crippen LogP contribution < -0.4 is 5.32 Å². The maximum absolute atomic E-state index is 11.9. The number of aromatic carboxylic acids is 3. The molecule has 0 spiro atoms. The molecule has 3 rings (SSSR count). The van der Waals surface area contributed by atoms with E-state index in [9.17, 15) is 24.0 Å². The number of rotatable bonds is 4. The van der Waals surface area contributed by atoms with Crippen LogP contribution >= 0.6 is 0 Å². The number of carboxylic acids is 3. The third-order valence-corrected chi connectivity index (χ3v) is 4.63. The number of hydrogen-bond donors (Lipinski definition) is 4. The van der Waals surface area contributed by atoms with Gasteiger partial charge in [0.05, 0.1) is 16.7 Å². The minimum absolute atomic E-state index is 0.0142. The predicted molar refractivity (Wildman–Crippen MR) is 98.9 cm³/mol. The van der Waals surface area contributed by atoms with Gasteiger partial charge in [0, 0.05) is 19.5 Å². The van der Waals surface area contributed by atoms with Crippen LogP contribution in [-0.4, -0.2) is 69.1 Å². The summed E-state index contributed by atoms with van der Waals surface area (Å²) >= 11 is 0. The number of carbonyl (C=O) groups excluding carboxylic acids is 2. The summed E-state index contributed by atoms with van der Waals surface area (Å²) in [7, 11) is 0. The Hall–Kier alpha value is -3.43. The second-order valence-corrected chi connectivity index (χ2v) is 6.76. The molecule has 1 atom stereocenters. The molecule has 0 aromatic heterocycles. The first-order valence-electron chi connectivity index (χ1n) is 9.12. The lowest BCUT2D eigenvalue weighted by Crippen LogP contribution is -2.46. The minimum atomic E-state index is -1.37. The number of piperidine rings is 1. The van der Waals surface area contributed by atoms with Crippen molar-refractivity contribution in [3.8, 4) is 0 Å². The van der Waals surface area contributed by atoms with Gasteiger partial charge in [-0.3, -0.25) is 9.59 Å². The van der Waals surface area contributed by atoms with Crippen LogP contribution in [0.5, 0.6) is 0 Å². The Bertz CT molecular complexity index is 750. The molecule has 2 amide bonds. The molecule has 1 aromatic carbocycles. The molecule has 0 saturated carbocycles. The fourth-order valence-electron chi connectivity index (χ4n) is 3.13. The molecule has 2 aliphatic heterocycles. The van der Waals surface area contributed by atoms with Crippen LogP contribution in [0.2, 0.25) is 0 Å². The molecular formula is C19H22N2O8. The van der Waals surface area contributed by atoms with Crippen molar-refractivity contribution < 1.29 is 39.3 Å². The molecule has 10 nitrogen and oxygen atoms in total. The van der Waals surface area contributed by atoms with Crippen molar-refractivity contribution in [2.75, 3.05) is 13.1 Å². The molecule has 29 heavy (non-hydrogen) atoms. The maximum Gasteiger partial charge on any atom is 0.335 e. The number of hydrogen-bond acceptors (Lipinski definition) is 5. The number of nitrogens with zero attached hydrogens (tertiary/aromatic N) is 1. The van der Waals surface area contributed by atoms with E-state index >= 15 is 0 Å². The van der Waals surface area contributed by atoms with E-state index in [2.05, 4.69) is 5.32 Å². The van der Waals surface area contributed by atoms with Crippen molar-refractivity contribution in [1.82, 2.24) is 10.2 Å². The molecule has 1 aromatic rings. The van der Waals surface area contributed by atoms with Gasteiger partial charge in [0.1, 0.15) is 6.04 Å². The van der Waals surface area contributed by atoms with Crippen molar-refractivity contribution in [3.05, 3.63) is 34.9 Å². The highest BCUT2D eigenvalue weighted by Gasteiger charge is 2.31. The lowest BCUT2D eigenvalue weighted by atomic mass is 10.1. The molecule has 156 valence electrons. The highest BCUT2D eigenvalue weighted by atomic mass is 16.4. The van der Waals surface area contributed by atoms with Crippen LogP contribution in [0.1, 0.15) is 63.2 Å². The van der Waals surface area contributed by atoms with Gasteiger partial charge in [-0.1, -0.05) is 0 Å². The van der Waals surface area contributed by atoms with Crippen LogP contribution in [0.15, 0.2) is 18.2 Å². The molecular weight excluding hydrogens is 384 g/mol. The van der Waals surface area contributed by atoms with Crippen molar-refractivity contribution in [2.45, 2.75) is 38.1 Å². The molecule has 0 radical (unpaired) electrons. The number of amides is 2. The SMILES string of the molecule is O=C(O)c1cc(C(=O)O)cc(C(=O)O)c1.O=C1CC[C@H](C(=O)N2CCCCC2)N1. The second-order valence-electron chi connectivity index (χ2n) is 6.76. The molecule has 2 saturated heterocycles. The smallest absolute Gasteiger partial charge is 0.335 e. The standard InChI is InChI=1S/C10H16N2O2.C9H6O6/c13-9-5-4-8(11-9)10(14)12-6-2-1-3-7-12;10-7(11)4-1-5(8(12)13)3-6(2-4)9(14)15/h8H,1-7H2,(H,11,13);1-3H,(H,10,11)(H,12,13)(H,14,15)/t8-;/m1./s1. The summed E-state index contributed by atoms with van der Waals surface area (Å²) in [4.78, 5) is 56.4. The zero-order chi connectivity index (χ0) is 21.6. The summed E-state index contributed by atoms with van der Waals surface area (Å²) in [6.45, 7) is 1.73. The van der Waals surface area contributed by atoms with E-state index < -0.39 is 17.9 Å². The second kappa shape index (κ2) is 9.67. The Morgan fingerprint density at radius 3 is 1.62 bits per heavy atom. The Kier molecular flexibility index (Phi) is 7.29. The van der Waals surface area contributed by atoms with Gasteiger partial charge in [0.2, 0.25) is 11.8 Å². The van der Waals surface area contributed by atoms with Crippen LogP contribution in [-0.2, 0) is 9.59 Å². The van der Waals surface area contributed by atoms with Crippen molar-refractivity contribution in [2.24, 2.45) is 0 Å². The summed E-state index contributed by atoms with van der Waals surface area (Å²) < 4.78 is 0. The fraction of sp³-hybridized carbons (Fsp3) is 0.421. The van der Waals surface area contributed by atoms with Crippen LogP contribution in [0.4, 0.5) is 0 Å². The number of carbonyl (C=O) groups is 5. The van der Waals surface area contributed by atoms with Gasteiger partial charge < -0.3 is 25.5 Å². The first-order valence-corrected chi connectivity index (χ1v) is 9.12. The first-order chi connectivity index (χ1) is 13.7. The van der Waals surface area contributed by atoms with Crippen LogP contribution in [0.25, 0.3) is 0 Å². The molecule has 2 aliphatic rings. The molecule has 4 N–H and O–H groups in total. The van der Waals surface area contributed by atoms with Gasteiger partial charge in [-0.05, 0) is 43.9 Å². The van der Waals surface area contributed by atoms with Gasteiger partial charge in [0.15, 0.2) is 0 Å². The highest BCUT2D eigenvalue weighted by Crippen LogP contribution is 2.14. The van der Waals surface area contributed by atoms with E-state index in [0.29, 0.717) is 12.8 Å². The number of carboxylic acid groups (broad SMARTS) is 3. The molecule has 2 fully saturated rings. The average molecular weight is 406 g/mol. The van der Waals surface area contributed by atoms with E-state index in [1.165, 1.54) is 6.42 Å². The Balaban J connectivity index is 0.000000207. The molecule has 0 aliphatic carbocycles. The van der Waals surface area contributed by atoms with Crippen LogP contribution in [0.3, 0.4) is 0 Å². The summed E-state index contributed by atoms with van der Waals surface area (Å²) in [5, 5.41) is 28.6. The van der Waals surface area contributed by atoms with E-state index in [4.69, 9.17) is 15.3 Å². The Labute approximate surface area is 166 Å². The summed E-state index contributed by atoms with van der Waals surface area (Å²) in [5.41, 5.74) is -1.10. The molecule has 0 bridgehead atoms. The Morgan fingerprint density at radius 2 is 1.28 bits per heavy atom. The topological polar surface area (TPSA) is 161 Å². The summed E-state index contributed by atoms with van der Waals surface area (Å²) in [6, 6.07) is 2.46. The van der Waals surface area contributed by atoms with Crippen molar-refractivity contribution >= 4 is 29.7 Å². The lowest BCUT2D eigenvalue weighted by molar-refractivity contribution is -0.135. The quantitative estimate of drug-likeness (QED) is 0.577. The number of nitrogens with one attached hydrogen (secondary N) is 1. The molecule has 2 heterocycles. The van der Waals surface area contributed by atoms with E-state index in [1.54, 1.807) is 0 Å². The number of likely N-dealkylation sites (tertiary alicyclic amines) is 1. The fourth-order valence-corrected chi connectivity index (χ4v) is 3.13. The third-order valence-electron chi connectivity index (χ3n) is 4.63. The van der Waals surface area contributed by atoms with Gasteiger partial charge in [-0.2, -0.15) is 0 Å². The third kappa shape index (κ3) is 6.03. The average Bonchev–Trinajstić information content (AvgIpc) is 3.14. The van der Waals surface area contributed by atoms with Gasteiger partial charge in [-0.25, -0.2) is 14.4 Å². The first kappa shape index (κ1) is 21.9. The lowest BCUT2D eigenvalue weighted by Gasteiger charge is -2.28. The van der Waals surface area contributed by atoms with Crippen molar-refractivity contribution in [3.63, 3.8) is 0 Å². The van der Waals surface area contributed by atoms with Gasteiger partial charge >= 0.3 is 17.9 Å². The zero-order valence-corrected chi connectivity index (χ0v) is 15.6. The van der Waals surface area contributed by atoms with Crippen LogP contribution in [0, 0.1) is 0 Å². The van der Waals surface area contributed by atoms with Crippen molar-refractivity contribution in [1.29, 1.82) is 0 Å². The normalized spacial score (nSPS) is 18.3. The molecule has 10 heteroatoms.